The van der Waals surface area contributed by atoms with Crippen molar-refractivity contribution in [3.05, 3.63) is 36.7 Å². The summed E-state index contributed by atoms with van der Waals surface area (Å²) in [4.78, 5) is 4.25. The number of nitrogens with one attached hydrogen (secondary N) is 1. The molecule has 1 aromatic carbocycles. The van der Waals surface area contributed by atoms with E-state index in [2.05, 4.69) is 10.3 Å². The number of rotatable bonds is 4. The van der Waals surface area contributed by atoms with Gasteiger partial charge in [-0.2, -0.15) is 0 Å². The molecule has 0 radical (unpaired) electrons. The molecule has 0 bridgehead atoms. The van der Waals surface area contributed by atoms with Crippen molar-refractivity contribution < 1.29 is 4.74 Å². The van der Waals surface area contributed by atoms with Crippen LogP contribution in [0.2, 0.25) is 0 Å². The van der Waals surface area contributed by atoms with Crippen LogP contribution in [0.4, 0.5) is 5.95 Å². The maximum absolute atomic E-state index is 5.33. The fourth-order valence-electron chi connectivity index (χ4n) is 1.62. The van der Waals surface area contributed by atoms with Crippen LogP contribution in [0.15, 0.2) is 36.7 Å². The van der Waals surface area contributed by atoms with Crippen molar-refractivity contribution in [1.82, 2.24) is 9.55 Å². The Morgan fingerprint density at radius 1 is 1.38 bits per heavy atom. The number of ether oxygens (including phenoxy) is 1. The molecule has 0 aliphatic rings. The van der Waals surface area contributed by atoms with Crippen LogP contribution in [0, 0.1) is 0 Å². The molecule has 2 aromatic rings. The van der Waals surface area contributed by atoms with Gasteiger partial charge < -0.3 is 10.1 Å². The topological polar surface area (TPSA) is 39.1 Å². The average molecular weight is 217 g/mol. The fourth-order valence-corrected chi connectivity index (χ4v) is 1.62. The summed E-state index contributed by atoms with van der Waals surface area (Å²) in [6.45, 7) is 2.88. The van der Waals surface area contributed by atoms with Gasteiger partial charge in [0.2, 0.25) is 5.95 Å². The summed E-state index contributed by atoms with van der Waals surface area (Å²) in [5.41, 5.74) is 0.985. The lowest BCUT2D eigenvalue weighted by atomic mass is 10.3. The smallest absolute Gasteiger partial charge is 0.207 e. The summed E-state index contributed by atoms with van der Waals surface area (Å²) in [5, 5.41) is 3.20. The first-order chi connectivity index (χ1) is 7.86. The Morgan fingerprint density at radius 2 is 2.19 bits per heavy atom. The zero-order valence-electron chi connectivity index (χ0n) is 9.47. The third kappa shape index (κ3) is 1.86. The molecule has 0 spiro atoms. The van der Waals surface area contributed by atoms with Crippen LogP contribution < -0.4 is 10.1 Å². The molecule has 4 nitrogen and oxygen atoms in total. The highest BCUT2D eigenvalue weighted by Crippen LogP contribution is 2.24. The van der Waals surface area contributed by atoms with E-state index in [1.807, 2.05) is 42.0 Å². The number of anilines is 1. The molecule has 0 saturated carbocycles. The van der Waals surface area contributed by atoms with Crippen LogP contribution in [0.25, 0.3) is 5.69 Å². The van der Waals surface area contributed by atoms with Crippen LogP contribution in [0.1, 0.15) is 6.92 Å². The second kappa shape index (κ2) is 4.70. The molecule has 0 aliphatic carbocycles. The van der Waals surface area contributed by atoms with Crippen molar-refractivity contribution >= 4 is 5.95 Å². The van der Waals surface area contributed by atoms with Crippen LogP contribution in [0.5, 0.6) is 5.75 Å². The van der Waals surface area contributed by atoms with Crippen LogP contribution in [-0.4, -0.2) is 23.2 Å². The SMILES string of the molecule is CCNc1nccn1-c1ccccc1OC. The molecule has 84 valence electrons. The van der Waals surface area contributed by atoms with Crippen LogP contribution in [-0.2, 0) is 0 Å². The number of hydrogen-bond donors (Lipinski definition) is 1. The van der Waals surface area contributed by atoms with Gasteiger partial charge in [-0.1, -0.05) is 12.1 Å². The number of aromatic nitrogens is 2. The Bertz CT molecular complexity index is 465. The average Bonchev–Trinajstić information content (AvgIpc) is 2.77. The predicted octanol–water partition coefficient (Wildman–Crippen LogP) is 2.31. The fraction of sp³-hybridized carbons (Fsp3) is 0.250. The summed E-state index contributed by atoms with van der Waals surface area (Å²) in [5.74, 6) is 1.66. The first-order valence-corrected chi connectivity index (χ1v) is 5.27. The minimum absolute atomic E-state index is 0.826. The molecular weight excluding hydrogens is 202 g/mol. The van der Waals surface area contributed by atoms with Gasteiger partial charge >= 0.3 is 0 Å². The first kappa shape index (κ1) is 10.5. The number of benzene rings is 1. The Balaban J connectivity index is 2.45. The highest BCUT2D eigenvalue weighted by atomic mass is 16.5. The molecule has 1 N–H and O–H groups in total. The van der Waals surface area contributed by atoms with Crippen LogP contribution >= 0.6 is 0 Å². The van der Waals surface area contributed by atoms with Crippen molar-refractivity contribution in [2.45, 2.75) is 6.92 Å². The summed E-state index contributed by atoms with van der Waals surface area (Å²) in [6, 6.07) is 7.87. The van der Waals surface area contributed by atoms with E-state index in [9.17, 15) is 0 Å². The van der Waals surface area contributed by atoms with E-state index < -0.39 is 0 Å². The number of para-hydroxylation sites is 2. The number of hydrogen-bond acceptors (Lipinski definition) is 3. The number of nitrogens with zero attached hydrogens (tertiary/aromatic N) is 2. The van der Waals surface area contributed by atoms with Crippen molar-refractivity contribution in [3.63, 3.8) is 0 Å². The summed E-state index contributed by atoms with van der Waals surface area (Å²) >= 11 is 0. The minimum Gasteiger partial charge on any atom is -0.495 e. The predicted molar refractivity (Wildman–Crippen MR) is 64.3 cm³/mol. The second-order valence-corrected chi connectivity index (χ2v) is 3.32. The molecular formula is C12H15N3O. The standard InChI is InChI=1S/C12H15N3O/c1-3-13-12-14-8-9-15(12)10-6-4-5-7-11(10)16-2/h4-9H,3H2,1-2H3,(H,13,14). The Labute approximate surface area is 94.9 Å². The molecule has 4 heteroatoms. The van der Waals surface area contributed by atoms with E-state index in [0.29, 0.717) is 0 Å². The largest absolute Gasteiger partial charge is 0.495 e. The van der Waals surface area contributed by atoms with E-state index in [-0.39, 0.29) is 0 Å². The van der Waals surface area contributed by atoms with E-state index in [1.54, 1.807) is 13.3 Å². The molecule has 0 saturated heterocycles. The highest BCUT2D eigenvalue weighted by molar-refractivity contribution is 5.51. The second-order valence-electron chi connectivity index (χ2n) is 3.32. The molecule has 0 unspecified atom stereocenters. The van der Waals surface area contributed by atoms with Gasteiger partial charge in [0, 0.05) is 18.9 Å². The third-order valence-electron chi connectivity index (χ3n) is 2.32. The van der Waals surface area contributed by atoms with Crippen molar-refractivity contribution in [1.29, 1.82) is 0 Å². The minimum atomic E-state index is 0.826. The lowest BCUT2D eigenvalue weighted by Crippen LogP contribution is -2.05. The molecule has 0 amide bonds. The zero-order chi connectivity index (χ0) is 11.4. The molecule has 2 rings (SSSR count). The van der Waals surface area contributed by atoms with E-state index in [1.165, 1.54) is 0 Å². The van der Waals surface area contributed by atoms with Crippen molar-refractivity contribution in [2.24, 2.45) is 0 Å². The summed E-state index contributed by atoms with van der Waals surface area (Å²) < 4.78 is 7.30. The molecule has 0 aliphatic heterocycles. The van der Waals surface area contributed by atoms with Gasteiger partial charge in [0.05, 0.1) is 12.8 Å². The maximum Gasteiger partial charge on any atom is 0.207 e. The van der Waals surface area contributed by atoms with E-state index >= 15 is 0 Å². The number of methoxy groups -OCH3 is 1. The highest BCUT2D eigenvalue weighted by Gasteiger charge is 2.07. The van der Waals surface area contributed by atoms with Gasteiger partial charge in [-0.25, -0.2) is 4.98 Å². The van der Waals surface area contributed by atoms with Gasteiger partial charge in [-0.3, -0.25) is 4.57 Å². The number of imidazole rings is 1. The first-order valence-electron chi connectivity index (χ1n) is 5.27. The van der Waals surface area contributed by atoms with Crippen LogP contribution in [0.3, 0.4) is 0 Å². The van der Waals surface area contributed by atoms with Crippen molar-refractivity contribution in [3.8, 4) is 11.4 Å². The van der Waals surface area contributed by atoms with E-state index in [0.717, 1.165) is 23.9 Å². The van der Waals surface area contributed by atoms with Crippen molar-refractivity contribution in [2.75, 3.05) is 19.0 Å². The zero-order valence-corrected chi connectivity index (χ0v) is 9.47. The van der Waals surface area contributed by atoms with Gasteiger partial charge in [-0.15, -0.1) is 0 Å². The molecule has 1 heterocycles. The monoisotopic (exact) mass is 217 g/mol. The Kier molecular flexibility index (Phi) is 3.10. The molecule has 0 fully saturated rings. The Hall–Kier alpha value is -1.97. The third-order valence-corrected chi connectivity index (χ3v) is 2.32. The normalized spacial score (nSPS) is 10.1. The van der Waals surface area contributed by atoms with Gasteiger partial charge in [0.25, 0.3) is 0 Å². The maximum atomic E-state index is 5.33. The summed E-state index contributed by atoms with van der Waals surface area (Å²) in [7, 11) is 1.67. The lowest BCUT2D eigenvalue weighted by Gasteiger charge is -2.11. The molecule has 1 aromatic heterocycles. The van der Waals surface area contributed by atoms with Gasteiger partial charge in [-0.05, 0) is 19.1 Å². The Morgan fingerprint density at radius 3 is 2.94 bits per heavy atom. The molecule has 16 heavy (non-hydrogen) atoms. The lowest BCUT2D eigenvalue weighted by molar-refractivity contribution is 0.413. The summed E-state index contributed by atoms with van der Waals surface area (Å²) in [6.07, 6.45) is 3.68. The molecule has 0 atom stereocenters. The van der Waals surface area contributed by atoms with Gasteiger partial charge in [0.1, 0.15) is 5.75 Å². The van der Waals surface area contributed by atoms with E-state index in [4.69, 9.17) is 4.74 Å². The van der Waals surface area contributed by atoms with Gasteiger partial charge in [0.15, 0.2) is 0 Å². The quantitative estimate of drug-likeness (QED) is 0.854.